The summed E-state index contributed by atoms with van der Waals surface area (Å²) in [6.45, 7) is 5.26. The lowest BCUT2D eigenvalue weighted by atomic mass is 10.1. The molecule has 27 heavy (non-hydrogen) atoms. The number of rotatable bonds is 5. The van der Waals surface area contributed by atoms with Crippen LogP contribution in [0.5, 0.6) is 0 Å². The van der Waals surface area contributed by atoms with E-state index in [1.54, 1.807) is 39.0 Å². The summed E-state index contributed by atoms with van der Waals surface area (Å²) in [5, 5.41) is 12.5. The second kappa shape index (κ2) is 8.89. The summed E-state index contributed by atoms with van der Waals surface area (Å²) in [7, 11) is 0. The summed E-state index contributed by atoms with van der Waals surface area (Å²) in [5.74, 6) is -0.888. The molecule has 0 aliphatic carbocycles. The summed E-state index contributed by atoms with van der Waals surface area (Å²) in [5.41, 5.74) is 0.395. The van der Waals surface area contributed by atoms with E-state index in [-0.39, 0.29) is 12.2 Å². The quantitative estimate of drug-likeness (QED) is 0.383. The molecule has 2 rings (SSSR count). The summed E-state index contributed by atoms with van der Waals surface area (Å²) in [6, 6.07) is 6.60. The molecule has 142 valence electrons. The Kier molecular flexibility index (Phi) is 6.83. The van der Waals surface area contributed by atoms with Gasteiger partial charge in [-0.25, -0.2) is 4.79 Å². The van der Waals surface area contributed by atoms with Crippen LogP contribution >= 0.6 is 22.6 Å². The standard InChI is InChI=1S/C18H19IN4O4/c1-18(2,3)27-17(26)23-13-5-4-12(19)8-14(13)22-16(25)9-15(24)11-6-7-20-21-10-11/h4-8,10H,9H2,1-3H3,(H,22,25)(H,23,26). The van der Waals surface area contributed by atoms with Crippen LogP contribution < -0.4 is 10.6 Å². The van der Waals surface area contributed by atoms with Crippen molar-refractivity contribution in [1.29, 1.82) is 0 Å². The van der Waals surface area contributed by atoms with E-state index in [4.69, 9.17) is 4.74 Å². The fourth-order valence-corrected chi connectivity index (χ4v) is 2.53. The van der Waals surface area contributed by atoms with Crippen molar-refractivity contribution < 1.29 is 19.1 Å². The van der Waals surface area contributed by atoms with Gasteiger partial charge in [0.05, 0.1) is 30.2 Å². The molecule has 1 aromatic heterocycles. The Morgan fingerprint density at radius 3 is 2.44 bits per heavy atom. The lowest BCUT2D eigenvalue weighted by Crippen LogP contribution is -2.27. The van der Waals surface area contributed by atoms with E-state index in [9.17, 15) is 14.4 Å². The van der Waals surface area contributed by atoms with Gasteiger partial charge in [-0.3, -0.25) is 14.9 Å². The molecule has 0 bridgehead atoms. The first-order valence-electron chi connectivity index (χ1n) is 8.03. The zero-order valence-corrected chi connectivity index (χ0v) is 17.2. The molecular formula is C18H19IN4O4. The first-order chi connectivity index (χ1) is 12.6. The number of ketones is 1. The van der Waals surface area contributed by atoms with Gasteiger partial charge in [0.15, 0.2) is 5.78 Å². The van der Waals surface area contributed by atoms with E-state index in [1.165, 1.54) is 18.5 Å². The molecule has 1 aromatic carbocycles. The average molecular weight is 482 g/mol. The van der Waals surface area contributed by atoms with Crippen molar-refractivity contribution in [2.45, 2.75) is 32.8 Å². The maximum Gasteiger partial charge on any atom is 0.412 e. The van der Waals surface area contributed by atoms with Crippen molar-refractivity contribution in [3.8, 4) is 0 Å². The molecule has 0 atom stereocenters. The van der Waals surface area contributed by atoms with Crippen LogP contribution in [0.3, 0.4) is 0 Å². The van der Waals surface area contributed by atoms with Gasteiger partial charge in [0, 0.05) is 9.13 Å². The van der Waals surface area contributed by atoms with Crippen molar-refractivity contribution in [2.75, 3.05) is 10.6 Å². The number of ether oxygens (including phenoxy) is 1. The first-order valence-corrected chi connectivity index (χ1v) is 9.11. The van der Waals surface area contributed by atoms with E-state index in [2.05, 4.69) is 43.4 Å². The monoisotopic (exact) mass is 482 g/mol. The minimum Gasteiger partial charge on any atom is -0.444 e. The fourth-order valence-electron chi connectivity index (χ4n) is 2.04. The zero-order valence-electron chi connectivity index (χ0n) is 15.1. The van der Waals surface area contributed by atoms with Crippen LogP contribution in [-0.4, -0.2) is 33.6 Å². The van der Waals surface area contributed by atoms with Crippen molar-refractivity contribution >= 4 is 51.7 Å². The van der Waals surface area contributed by atoms with Gasteiger partial charge in [-0.2, -0.15) is 10.2 Å². The van der Waals surface area contributed by atoms with Crippen LogP contribution in [0, 0.1) is 3.57 Å². The molecule has 2 N–H and O–H groups in total. The molecule has 0 saturated heterocycles. The Morgan fingerprint density at radius 2 is 1.81 bits per heavy atom. The number of hydrogen-bond donors (Lipinski definition) is 2. The summed E-state index contributed by atoms with van der Waals surface area (Å²) in [4.78, 5) is 36.4. The lowest BCUT2D eigenvalue weighted by molar-refractivity contribution is -0.115. The second-order valence-corrected chi connectivity index (χ2v) is 7.84. The number of carbonyl (C=O) groups is 3. The Hall–Kier alpha value is -2.56. The maximum atomic E-state index is 12.3. The highest BCUT2D eigenvalue weighted by atomic mass is 127. The van der Waals surface area contributed by atoms with Crippen LogP contribution in [0.25, 0.3) is 0 Å². The molecule has 0 radical (unpaired) electrons. The second-order valence-electron chi connectivity index (χ2n) is 6.60. The maximum absolute atomic E-state index is 12.3. The van der Waals surface area contributed by atoms with E-state index in [1.807, 2.05) is 0 Å². The zero-order chi connectivity index (χ0) is 20.0. The molecule has 0 aliphatic heterocycles. The van der Waals surface area contributed by atoms with Crippen LogP contribution in [-0.2, 0) is 9.53 Å². The number of aromatic nitrogens is 2. The third-order valence-corrected chi connectivity index (χ3v) is 3.79. The predicted octanol–water partition coefficient (Wildman–Crippen LogP) is 3.64. The van der Waals surface area contributed by atoms with Gasteiger partial charge < -0.3 is 10.1 Å². The summed E-state index contributed by atoms with van der Waals surface area (Å²) >= 11 is 2.08. The largest absolute Gasteiger partial charge is 0.444 e. The smallest absolute Gasteiger partial charge is 0.412 e. The van der Waals surface area contributed by atoms with Gasteiger partial charge >= 0.3 is 6.09 Å². The van der Waals surface area contributed by atoms with Crippen molar-refractivity contribution in [3.63, 3.8) is 0 Å². The highest BCUT2D eigenvalue weighted by Crippen LogP contribution is 2.25. The topological polar surface area (TPSA) is 110 Å². The van der Waals surface area contributed by atoms with Gasteiger partial charge in [0.1, 0.15) is 5.60 Å². The molecule has 1 heterocycles. The van der Waals surface area contributed by atoms with E-state index in [0.717, 1.165) is 3.57 Å². The lowest BCUT2D eigenvalue weighted by Gasteiger charge is -2.20. The van der Waals surface area contributed by atoms with Crippen LogP contribution in [0.4, 0.5) is 16.2 Å². The Morgan fingerprint density at radius 1 is 1.07 bits per heavy atom. The molecule has 8 nitrogen and oxygen atoms in total. The fraction of sp³-hybridized carbons (Fsp3) is 0.278. The van der Waals surface area contributed by atoms with Gasteiger partial charge in [0.2, 0.25) is 5.91 Å². The van der Waals surface area contributed by atoms with Gasteiger partial charge in [-0.05, 0) is 67.6 Å². The molecule has 9 heteroatoms. The normalized spacial score (nSPS) is 10.8. The molecule has 2 aromatic rings. The third kappa shape index (κ3) is 6.93. The number of nitrogens with zero attached hydrogens (tertiary/aromatic N) is 2. The average Bonchev–Trinajstić information content (AvgIpc) is 2.56. The SMILES string of the molecule is CC(C)(C)OC(=O)Nc1ccc(I)cc1NC(=O)CC(=O)c1ccnnc1. The molecule has 0 aliphatic rings. The minimum atomic E-state index is -0.651. The van der Waals surface area contributed by atoms with E-state index < -0.39 is 17.6 Å². The van der Waals surface area contributed by atoms with Crippen LogP contribution in [0.1, 0.15) is 37.6 Å². The molecular weight excluding hydrogens is 463 g/mol. The van der Waals surface area contributed by atoms with Gasteiger partial charge in [0.25, 0.3) is 0 Å². The number of carbonyl (C=O) groups excluding carboxylic acids is 3. The van der Waals surface area contributed by atoms with Crippen molar-refractivity contribution in [2.24, 2.45) is 0 Å². The van der Waals surface area contributed by atoms with Gasteiger partial charge in [-0.15, -0.1) is 0 Å². The molecule has 0 saturated carbocycles. The molecule has 0 spiro atoms. The number of benzene rings is 1. The van der Waals surface area contributed by atoms with E-state index >= 15 is 0 Å². The Bertz CT molecular complexity index is 850. The van der Waals surface area contributed by atoms with Crippen molar-refractivity contribution in [1.82, 2.24) is 10.2 Å². The number of hydrogen-bond acceptors (Lipinski definition) is 6. The summed E-state index contributed by atoms with van der Waals surface area (Å²) < 4.78 is 6.07. The first kappa shape index (κ1) is 20.7. The van der Waals surface area contributed by atoms with Gasteiger partial charge in [-0.1, -0.05) is 0 Å². The molecule has 0 fully saturated rings. The predicted molar refractivity (Wildman–Crippen MR) is 109 cm³/mol. The van der Waals surface area contributed by atoms with Crippen LogP contribution in [0.15, 0.2) is 36.7 Å². The van der Waals surface area contributed by atoms with Crippen molar-refractivity contribution in [3.05, 3.63) is 45.8 Å². The Balaban J connectivity index is 2.08. The number of amides is 2. The highest BCUT2D eigenvalue weighted by Gasteiger charge is 2.19. The van der Waals surface area contributed by atoms with E-state index in [0.29, 0.717) is 16.9 Å². The number of nitrogens with one attached hydrogen (secondary N) is 2. The highest BCUT2D eigenvalue weighted by molar-refractivity contribution is 14.1. The number of Topliss-reactive ketones (excluding diaryl/α,β-unsaturated/α-hetero) is 1. The summed E-state index contributed by atoms with van der Waals surface area (Å²) in [6.07, 6.45) is 1.69. The molecule has 2 amide bonds. The third-order valence-electron chi connectivity index (χ3n) is 3.12. The van der Waals surface area contributed by atoms with Crippen LogP contribution in [0.2, 0.25) is 0 Å². The number of halogens is 1. The Labute approximate surface area is 170 Å². The minimum absolute atomic E-state index is 0.301. The number of anilines is 2. The molecule has 0 unspecified atom stereocenters.